The average Bonchev–Trinajstić information content (AvgIpc) is 3.64. The van der Waals surface area contributed by atoms with Crippen LogP contribution in [0, 0.1) is 38.8 Å². The number of hydrogen-bond donors (Lipinski definition) is 2. The van der Waals surface area contributed by atoms with Crippen molar-refractivity contribution in [2.75, 3.05) is 26.4 Å². The van der Waals surface area contributed by atoms with Crippen LogP contribution >= 0.6 is 22.7 Å². The van der Waals surface area contributed by atoms with Crippen molar-refractivity contribution >= 4 is 46.0 Å². The van der Waals surface area contributed by atoms with Crippen molar-refractivity contribution in [3.05, 3.63) is 80.4 Å². The highest BCUT2D eigenvalue weighted by Crippen LogP contribution is 2.37. The topological polar surface area (TPSA) is 137 Å². The molecule has 48 heavy (non-hydrogen) atoms. The zero-order chi connectivity index (χ0) is 34.7. The van der Waals surface area contributed by atoms with Gasteiger partial charge in [0, 0.05) is 11.1 Å². The zero-order valence-electron chi connectivity index (χ0n) is 27.4. The van der Waals surface area contributed by atoms with Crippen LogP contribution in [-0.2, 0) is 4.74 Å². The average molecular weight is 697 g/mol. The number of rotatable bonds is 12. The molecule has 0 aliphatic heterocycles. The molecule has 4 rings (SSSR count). The fraction of sp³-hybridized carbons (Fsp3) is 0.353. The molecule has 2 N–H and O–H groups in total. The van der Waals surface area contributed by atoms with Gasteiger partial charge < -0.3 is 24.4 Å². The van der Waals surface area contributed by atoms with Gasteiger partial charge in [-0.2, -0.15) is 0 Å². The Morgan fingerprint density at radius 2 is 1.25 bits per heavy atom. The molecule has 0 aliphatic carbocycles. The van der Waals surface area contributed by atoms with Gasteiger partial charge in [0.25, 0.3) is 0 Å². The van der Waals surface area contributed by atoms with Gasteiger partial charge in [-0.1, -0.05) is 39.8 Å². The number of nitrogens with zero attached hydrogens (tertiary/aromatic N) is 4. The molecule has 2 aromatic carbocycles. The third-order valence-corrected chi connectivity index (χ3v) is 8.48. The lowest BCUT2D eigenvalue weighted by Crippen LogP contribution is -2.08. The van der Waals surface area contributed by atoms with Gasteiger partial charge in [0.05, 0.1) is 44.4 Å². The highest BCUT2D eigenvalue weighted by atomic mass is 32.1. The number of carboxylic acid groups (broad SMARTS) is 1. The molecular formula is C34H37FN4O7S2. The van der Waals surface area contributed by atoms with Gasteiger partial charge in [-0.3, -0.25) is 4.70 Å². The predicted octanol–water partition coefficient (Wildman–Crippen LogP) is 8.41. The molecule has 0 radical (unpaired) electrons. The van der Waals surface area contributed by atoms with E-state index in [-0.39, 0.29) is 22.8 Å². The van der Waals surface area contributed by atoms with Crippen molar-refractivity contribution in [1.29, 1.82) is 0 Å². The number of aliphatic hydroxyl groups is 1. The minimum atomic E-state index is -0.983. The number of carbonyl (C=O) groups is 2. The first kappa shape index (κ1) is 39.3. The van der Waals surface area contributed by atoms with Gasteiger partial charge in [0.2, 0.25) is 11.4 Å². The van der Waals surface area contributed by atoms with E-state index >= 15 is 0 Å². The van der Waals surface area contributed by atoms with Crippen LogP contribution in [0.25, 0.3) is 30.8 Å². The molecule has 14 heteroatoms. The smallest absolute Gasteiger partial charge is 0.350 e. The Labute approximate surface area is 286 Å². The molecule has 0 spiro atoms. The van der Waals surface area contributed by atoms with Crippen LogP contribution in [0.4, 0.5) is 16.1 Å². The molecule has 0 fully saturated rings. The quantitative estimate of drug-likeness (QED) is 0.110. The zero-order valence-corrected chi connectivity index (χ0v) is 29.0. The maximum atomic E-state index is 12.0. The van der Waals surface area contributed by atoms with Crippen LogP contribution in [0.5, 0.6) is 11.5 Å². The van der Waals surface area contributed by atoms with E-state index in [1.165, 1.54) is 11.3 Å². The molecule has 2 heterocycles. The molecular weight excluding hydrogens is 660 g/mol. The Balaban J connectivity index is 0.000000329. The Morgan fingerprint density at radius 3 is 1.62 bits per heavy atom. The largest absolute Gasteiger partial charge is 0.504 e. The first-order chi connectivity index (χ1) is 22.4. The van der Waals surface area contributed by atoms with Gasteiger partial charge in [0.1, 0.15) is 37.9 Å². The lowest BCUT2D eigenvalue weighted by atomic mass is 10.2. The number of ether oxygens (including phenoxy) is 3. The number of esters is 1. The molecule has 11 nitrogen and oxygen atoms in total. The van der Waals surface area contributed by atoms with E-state index in [0.29, 0.717) is 74.2 Å². The molecule has 2 aromatic heterocycles. The normalized spacial score (nSPS) is 10.3. The SMILES string of the molecule is F.[C-]#[N+]c1cc(-c2nc(C)c(C(=O)O)s2)ccc1OCC(C)C.[C-]#[N+]c1cc(-c2nc(C)c(C(=O)OCCO)s2)ccc1OCC(C)C. The standard InChI is InChI=1S/C18H20N2O4S.C16H16N2O3S.FH/c1-11(2)10-24-15-6-5-13(9-14(15)19-4)17-20-12(3)16(25-17)18(22)23-8-7-21;1-9(2)8-21-13-6-5-11(7-12(13)17-4)15-18-10(3)14(22-15)16(19)20;/h5-6,9,11,21H,7-8,10H2,1-3H3;5-7,9H,8H2,1-3H3,(H,19,20);1H. The third kappa shape index (κ3) is 10.6. The first-order valence-electron chi connectivity index (χ1n) is 14.6. The number of benzene rings is 2. The van der Waals surface area contributed by atoms with E-state index in [1.807, 2.05) is 33.8 Å². The van der Waals surface area contributed by atoms with Gasteiger partial charge in [-0.15, -0.1) is 22.7 Å². The summed E-state index contributed by atoms with van der Waals surface area (Å²) >= 11 is 2.31. The van der Waals surface area contributed by atoms with Crippen LogP contribution in [0.1, 0.15) is 58.4 Å². The maximum absolute atomic E-state index is 12.0. The Hall–Kier alpha value is -4.89. The second-order valence-corrected chi connectivity index (χ2v) is 13.0. The maximum Gasteiger partial charge on any atom is 0.350 e. The summed E-state index contributed by atoms with van der Waals surface area (Å²) in [5, 5.41) is 19.1. The fourth-order valence-electron chi connectivity index (χ4n) is 3.86. The number of carboxylic acids is 1. The number of halogens is 1. The van der Waals surface area contributed by atoms with Crippen LogP contribution in [0.15, 0.2) is 36.4 Å². The van der Waals surface area contributed by atoms with Crippen LogP contribution in [0.3, 0.4) is 0 Å². The summed E-state index contributed by atoms with van der Waals surface area (Å²) in [6.45, 7) is 27.0. The number of aromatic carboxylic acids is 1. The van der Waals surface area contributed by atoms with Crippen LogP contribution < -0.4 is 9.47 Å². The number of aromatic nitrogens is 2. The second-order valence-electron chi connectivity index (χ2n) is 11.0. The van der Waals surface area contributed by atoms with E-state index in [2.05, 4.69) is 19.7 Å². The summed E-state index contributed by atoms with van der Waals surface area (Å²) < 4.78 is 16.2. The van der Waals surface area contributed by atoms with Gasteiger partial charge in [-0.25, -0.2) is 29.2 Å². The summed E-state index contributed by atoms with van der Waals surface area (Å²) in [6.07, 6.45) is 0. The number of carbonyl (C=O) groups excluding carboxylic acids is 1. The molecule has 0 saturated carbocycles. The summed E-state index contributed by atoms with van der Waals surface area (Å²) in [5.74, 6) is 0.342. The molecule has 0 amide bonds. The fourth-order valence-corrected chi connectivity index (χ4v) is 5.72. The van der Waals surface area contributed by atoms with Crippen molar-refractivity contribution in [2.45, 2.75) is 41.5 Å². The Bertz CT molecular complexity index is 1810. The van der Waals surface area contributed by atoms with Gasteiger partial charge in [0.15, 0.2) is 0 Å². The van der Waals surface area contributed by atoms with E-state index in [9.17, 15) is 9.59 Å². The van der Waals surface area contributed by atoms with Crippen molar-refractivity contribution in [2.24, 2.45) is 11.8 Å². The molecule has 0 bridgehead atoms. The summed E-state index contributed by atoms with van der Waals surface area (Å²) in [4.78, 5) is 39.4. The summed E-state index contributed by atoms with van der Waals surface area (Å²) in [6, 6.07) is 10.5. The highest BCUT2D eigenvalue weighted by molar-refractivity contribution is 7.17. The lowest BCUT2D eigenvalue weighted by Gasteiger charge is -2.10. The first-order valence-corrected chi connectivity index (χ1v) is 16.3. The van der Waals surface area contributed by atoms with Crippen molar-refractivity contribution in [3.63, 3.8) is 0 Å². The Kier molecular flexibility index (Phi) is 15.1. The van der Waals surface area contributed by atoms with E-state index in [4.69, 9.17) is 37.6 Å². The molecule has 0 unspecified atom stereocenters. The second kappa shape index (κ2) is 18.4. The molecule has 0 saturated heterocycles. The van der Waals surface area contributed by atoms with Crippen molar-refractivity contribution in [3.8, 4) is 32.6 Å². The summed E-state index contributed by atoms with van der Waals surface area (Å²) in [7, 11) is 0. The van der Waals surface area contributed by atoms with Crippen LogP contribution in [-0.4, -0.2) is 58.5 Å². The monoisotopic (exact) mass is 696 g/mol. The Morgan fingerprint density at radius 1 is 0.812 bits per heavy atom. The molecule has 0 atom stereocenters. The molecule has 254 valence electrons. The minimum absolute atomic E-state index is 0. The van der Waals surface area contributed by atoms with E-state index in [0.717, 1.165) is 22.5 Å². The number of aliphatic hydroxyl groups excluding tert-OH is 1. The number of thiazole rings is 2. The van der Waals surface area contributed by atoms with E-state index < -0.39 is 11.9 Å². The number of aryl methyl sites for hydroxylation is 2. The lowest BCUT2D eigenvalue weighted by molar-refractivity contribution is 0.0438. The highest BCUT2D eigenvalue weighted by Gasteiger charge is 2.19. The van der Waals surface area contributed by atoms with Gasteiger partial charge in [-0.05, 0) is 49.9 Å². The minimum Gasteiger partial charge on any atom is -0.504 e. The van der Waals surface area contributed by atoms with E-state index in [1.54, 1.807) is 44.2 Å². The van der Waals surface area contributed by atoms with Crippen molar-refractivity contribution in [1.82, 2.24) is 9.97 Å². The third-order valence-electron chi connectivity index (χ3n) is 6.09. The number of hydrogen-bond acceptors (Lipinski definition) is 10. The summed E-state index contributed by atoms with van der Waals surface area (Å²) in [5.41, 5.74) is 3.34. The predicted molar refractivity (Wildman–Crippen MR) is 185 cm³/mol. The molecule has 0 aliphatic rings. The molecule has 4 aromatic rings. The van der Waals surface area contributed by atoms with Crippen molar-refractivity contribution < 1.29 is 38.7 Å². The van der Waals surface area contributed by atoms with Crippen LogP contribution in [0.2, 0.25) is 0 Å². The van der Waals surface area contributed by atoms with Gasteiger partial charge >= 0.3 is 11.9 Å².